The Kier molecular flexibility index (Phi) is 7.55. The molecule has 2 aromatic carbocycles. The Morgan fingerprint density at radius 2 is 1.63 bits per heavy atom. The summed E-state index contributed by atoms with van der Waals surface area (Å²) in [5.41, 5.74) is 3.15. The highest BCUT2D eigenvalue weighted by molar-refractivity contribution is 5.96. The Morgan fingerprint density at radius 1 is 0.963 bits per heavy atom. The molecule has 0 unspecified atom stereocenters. The van der Waals surface area contributed by atoms with Crippen molar-refractivity contribution >= 4 is 17.6 Å². The largest absolute Gasteiger partial charge is 0.452 e. The molecule has 0 saturated heterocycles. The van der Waals surface area contributed by atoms with Crippen LogP contribution in [0, 0.1) is 0 Å². The molecule has 0 bridgehead atoms. The molecule has 144 valence electrons. The van der Waals surface area contributed by atoms with Gasteiger partial charge in [0, 0.05) is 5.69 Å². The third-order valence-electron chi connectivity index (χ3n) is 3.96. The molecule has 5 nitrogen and oxygen atoms in total. The van der Waals surface area contributed by atoms with Crippen molar-refractivity contribution in [3.63, 3.8) is 0 Å². The van der Waals surface area contributed by atoms with E-state index in [0.29, 0.717) is 12.2 Å². The van der Waals surface area contributed by atoms with Gasteiger partial charge in [-0.05, 0) is 49.1 Å². The van der Waals surface area contributed by atoms with Crippen LogP contribution in [0.5, 0.6) is 0 Å². The summed E-state index contributed by atoms with van der Waals surface area (Å²) in [7, 11) is 0. The third-order valence-corrected chi connectivity index (χ3v) is 3.96. The molecule has 0 aliphatic carbocycles. The molecule has 0 heterocycles. The molecule has 1 N–H and O–H groups in total. The van der Waals surface area contributed by atoms with E-state index in [4.69, 9.17) is 9.47 Å². The first-order valence-corrected chi connectivity index (χ1v) is 9.13. The summed E-state index contributed by atoms with van der Waals surface area (Å²) < 4.78 is 10.6. The molecule has 2 rings (SSSR count). The van der Waals surface area contributed by atoms with Gasteiger partial charge in [-0.1, -0.05) is 44.2 Å². The van der Waals surface area contributed by atoms with Crippen molar-refractivity contribution in [1.82, 2.24) is 0 Å². The number of ether oxygens (including phenoxy) is 2. The van der Waals surface area contributed by atoms with Crippen LogP contribution in [0.2, 0.25) is 0 Å². The van der Waals surface area contributed by atoms with Crippen LogP contribution in [0.15, 0.2) is 48.5 Å². The van der Waals surface area contributed by atoms with Crippen molar-refractivity contribution in [3.05, 3.63) is 65.2 Å². The van der Waals surface area contributed by atoms with Gasteiger partial charge < -0.3 is 14.8 Å². The Hall–Kier alpha value is -2.66. The number of esters is 1. The molecular formula is C22H27NO4. The average Bonchev–Trinajstić information content (AvgIpc) is 2.65. The summed E-state index contributed by atoms with van der Waals surface area (Å²) in [4.78, 5) is 24.2. The molecule has 1 amide bonds. The lowest BCUT2D eigenvalue weighted by Crippen LogP contribution is -2.21. The molecule has 0 aliphatic rings. The molecule has 0 aromatic heterocycles. The van der Waals surface area contributed by atoms with E-state index in [1.165, 1.54) is 0 Å². The second-order valence-corrected chi connectivity index (χ2v) is 6.92. The number of benzene rings is 2. The van der Waals surface area contributed by atoms with E-state index in [9.17, 15) is 9.59 Å². The molecule has 0 saturated carbocycles. The number of para-hydroxylation sites is 1. The van der Waals surface area contributed by atoms with Crippen LogP contribution in [0.4, 0.5) is 5.69 Å². The molecule has 5 heteroatoms. The summed E-state index contributed by atoms with van der Waals surface area (Å²) >= 11 is 0. The Labute approximate surface area is 160 Å². The smallest absolute Gasteiger partial charge is 0.338 e. The number of rotatable bonds is 8. The summed E-state index contributed by atoms with van der Waals surface area (Å²) in [6, 6.07) is 14.6. The van der Waals surface area contributed by atoms with Crippen molar-refractivity contribution < 1.29 is 19.1 Å². The molecule has 2 aromatic rings. The SMILES string of the molecule is CC(C)OCc1ccc(C(=O)OCC(=O)Nc2ccccc2C(C)C)cc1. The van der Waals surface area contributed by atoms with Crippen LogP contribution in [-0.2, 0) is 20.9 Å². The third kappa shape index (κ3) is 6.53. The monoisotopic (exact) mass is 369 g/mol. The minimum Gasteiger partial charge on any atom is -0.452 e. The van der Waals surface area contributed by atoms with Crippen molar-refractivity contribution in [2.75, 3.05) is 11.9 Å². The van der Waals surface area contributed by atoms with Crippen molar-refractivity contribution in [2.24, 2.45) is 0 Å². The maximum Gasteiger partial charge on any atom is 0.338 e. The van der Waals surface area contributed by atoms with Gasteiger partial charge in [-0.15, -0.1) is 0 Å². The van der Waals surface area contributed by atoms with Gasteiger partial charge in [-0.3, -0.25) is 4.79 Å². The quantitative estimate of drug-likeness (QED) is 0.694. The van der Waals surface area contributed by atoms with E-state index in [2.05, 4.69) is 19.2 Å². The molecule has 0 aliphatic heterocycles. The van der Waals surface area contributed by atoms with Gasteiger partial charge in [0.05, 0.1) is 18.3 Å². The van der Waals surface area contributed by atoms with Crippen LogP contribution in [-0.4, -0.2) is 24.6 Å². The minimum atomic E-state index is -0.529. The van der Waals surface area contributed by atoms with Crippen molar-refractivity contribution in [2.45, 2.75) is 46.3 Å². The van der Waals surface area contributed by atoms with Crippen LogP contribution < -0.4 is 5.32 Å². The maximum absolute atomic E-state index is 12.1. The van der Waals surface area contributed by atoms with Gasteiger partial charge in [0.25, 0.3) is 5.91 Å². The first-order valence-electron chi connectivity index (χ1n) is 9.13. The minimum absolute atomic E-state index is 0.147. The zero-order valence-corrected chi connectivity index (χ0v) is 16.3. The predicted molar refractivity (Wildman–Crippen MR) is 106 cm³/mol. The first kappa shape index (κ1) is 20.6. The van der Waals surface area contributed by atoms with E-state index in [-0.39, 0.29) is 24.5 Å². The van der Waals surface area contributed by atoms with Crippen molar-refractivity contribution in [1.29, 1.82) is 0 Å². The van der Waals surface area contributed by atoms with Crippen LogP contribution in [0.3, 0.4) is 0 Å². The number of nitrogens with one attached hydrogen (secondary N) is 1. The fourth-order valence-corrected chi connectivity index (χ4v) is 2.51. The number of carbonyl (C=O) groups excluding carboxylic acids is 2. The highest BCUT2D eigenvalue weighted by Crippen LogP contribution is 2.23. The highest BCUT2D eigenvalue weighted by atomic mass is 16.5. The first-order chi connectivity index (χ1) is 12.9. The van der Waals surface area contributed by atoms with Gasteiger partial charge in [0.2, 0.25) is 0 Å². The molecule has 0 radical (unpaired) electrons. The number of hydrogen-bond donors (Lipinski definition) is 1. The zero-order valence-electron chi connectivity index (χ0n) is 16.3. The number of anilines is 1. The van der Waals surface area contributed by atoms with Crippen LogP contribution >= 0.6 is 0 Å². The second kappa shape index (κ2) is 9.88. The lowest BCUT2D eigenvalue weighted by molar-refractivity contribution is -0.119. The fourth-order valence-electron chi connectivity index (χ4n) is 2.51. The summed E-state index contributed by atoms with van der Waals surface area (Å²) in [5.74, 6) is -0.612. The Bertz CT molecular complexity index is 766. The number of amides is 1. The standard InChI is InChI=1S/C22H27NO4/c1-15(2)19-7-5-6-8-20(19)23-21(24)14-27-22(25)18-11-9-17(10-12-18)13-26-16(3)4/h5-12,15-16H,13-14H2,1-4H3,(H,23,24). The lowest BCUT2D eigenvalue weighted by Gasteiger charge is -2.13. The maximum atomic E-state index is 12.1. The lowest BCUT2D eigenvalue weighted by atomic mass is 10.0. The van der Waals surface area contributed by atoms with Gasteiger partial charge >= 0.3 is 5.97 Å². The summed E-state index contributed by atoms with van der Waals surface area (Å²) in [5, 5.41) is 2.80. The normalized spacial score (nSPS) is 10.9. The van der Waals surface area contributed by atoms with Crippen LogP contribution in [0.25, 0.3) is 0 Å². The average molecular weight is 369 g/mol. The fraction of sp³-hybridized carbons (Fsp3) is 0.364. The van der Waals surface area contributed by atoms with E-state index < -0.39 is 5.97 Å². The topological polar surface area (TPSA) is 64.6 Å². The number of carbonyl (C=O) groups is 2. The highest BCUT2D eigenvalue weighted by Gasteiger charge is 2.13. The predicted octanol–water partition coefficient (Wildman–Crippen LogP) is 4.53. The molecular weight excluding hydrogens is 342 g/mol. The van der Waals surface area contributed by atoms with Gasteiger partial charge in [0.15, 0.2) is 6.61 Å². The Morgan fingerprint density at radius 3 is 2.26 bits per heavy atom. The van der Waals surface area contributed by atoms with Crippen molar-refractivity contribution in [3.8, 4) is 0 Å². The van der Waals surface area contributed by atoms with E-state index in [0.717, 1.165) is 16.8 Å². The van der Waals surface area contributed by atoms with Crippen LogP contribution in [0.1, 0.15) is 55.1 Å². The van der Waals surface area contributed by atoms with E-state index in [1.807, 2.05) is 50.2 Å². The molecule has 0 atom stereocenters. The van der Waals surface area contributed by atoms with Gasteiger partial charge in [0.1, 0.15) is 0 Å². The summed E-state index contributed by atoms with van der Waals surface area (Å²) in [6.07, 6.45) is 0.147. The second-order valence-electron chi connectivity index (χ2n) is 6.92. The van der Waals surface area contributed by atoms with E-state index in [1.54, 1.807) is 12.1 Å². The molecule has 27 heavy (non-hydrogen) atoms. The molecule has 0 fully saturated rings. The van der Waals surface area contributed by atoms with E-state index >= 15 is 0 Å². The summed E-state index contributed by atoms with van der Waals surface area (Å²) in [6.45, 7) is 8.21. The van der Waals surface area contributed by atoms with Gasteiger partial charge in [-0.25, -0.2) is 4.79 Å². The zero-order chi connectivity index (χ0) is 19.8. The molecule has 0 spiro atoms. The van der Waals surface area contributed by atoms with Gasteiger partial charge in [-0.2, -0.15) is 0 Å². The Balaban J connectivity index is 1.87. The number of hydrogen-bond acceptors (Lipinski definition) is 4.